The van der Waals surface area contributed by atoms with E-state index in [2.05, 4.69) is 20.6 Å². The fraction of sp³-hybridized carbons (Fsp3) is 0.316. The van der Waals surface area contributed by atoms with Crippen molar-refractivity contribution >= 4 is 28.0 Å². The van der Waals surface area contributed by atoms with Gasteiger partial charge in [-0.15, -0.1) is 0 Å². The first-order valence-corrected chi connectivity index (χ1v) is 9.05. The molecule has 1 aliphatic heterocycles. The predicted octanol–water partition coefficient (Wildman–Crippen LogP) is 2.47. The Morgan fingerprint density at radius 1 is 1.32 bits per heavy atom. The Morgan fingerprint density at radius 2 is 2.21 bits per heavy atom. The number of anilines is 1. The molecule has 0 saturated carbocycles. The van der Waals surface area contributed by atoms with Crippen molar-refractivity contribution in [2.45, 2.75) is 19.6 Å². The van der Waals surface area contributed by atoms with Gasteiger partial charge in [0.2, 0.25) is 0 Å². The Bertz CT molecular complexity index is 1250. The number of aromatic nitrogens is 6. The Balaban J connectivity index is 0.00000205. The minimum Gasteiger partial charge on any atom is -0.373 e. The molecule has 5 rings (SSSR count). The molecule has 9 heteroatoms. The second kappa shape index (κ2) is 6.28. The number of aryl methyl sites for hydroxylation is 1. The summed E-state index contributed by atoms with van der Waals surface area (Å²) in [5.41, 5.74) is 3.54. The average molecular weight is 376 g/mol. The largest absolute Gasteiger partial charge is 0.373 e. The summed E-state index contributed by atoms with van der Waals surface area (Å²) in [6, 6.07) is 4.09. The number of nitrogens with one attached hydrogen (secondary N) is 1. The first-order chi connectivity index (χ1) is 13.7. The van der Waals surface area contributed by atoms with E-state index in [9.17, 15) is 5.26 Å². The molecule has 4 aromatic rings. The highest BCUT2D eigenvalue weighted by Crippen LogP contribution is 2.29. The number of nitrogens with zero attached hydrogens (tertiary/aromatic N) is 7. The van der Waals surface area contributed by atoms with Crippen LogP contribution in [-0.2, 0) is 17.9 Å². The van der Waals surface area contributed by atoms with Crippen LogP contribution in [0.15, 0.2) is 18.5 Å². The summed E-state index contributed by atoms with van der Waals surface area (Å²) in [5, 5.41) is 10.1. The molecule has 28 heavy (non-hydrogen) atoms. The van der Waals surface area contributed by atoms with Crippen LogP contribution in [0.25, 0.3) is 33.6 Å². The number of H-pyrrole nitrogens is 1. The monoisotopic (exact) mass is 376 g/mol. The molecule has 142 valence electrons. The topological polar surface area (TPSA) is 109 Å². The molecular formula is C19H20N8O. The number of ether oxygens (including phenoxy) is 1. The zero-order valence-corrected chi connectivity index (χ0v) is 15.6. The third kappa shape index (κ3) is 2.50. The molecule has 1 aliphatic rings. The summed E-state index contributed by atoms with van der Waals surface area (Å²) >= 11 is 0. The van der Waals surface area contributed by atoms with Crippen LogP contribution in [0.2, 0.25) is 0 Å². The van der Waals surface area contributed by atoms with E-state index in [-0.39, 0.29) is 1.43 Å². The Kier molecular flexibility index (Phi) is 3.74. The molecule has 0 saturated heterocycles. The highest BCUT2D eigenvalue weighted by molar-refractivity contribution is 5.89. The summed E-state index contributed by atoms with van der Waals surface area (Å²) < 4.78 is 7.76. The summed E-state index contributed by atoms with van der Waals surface area (Å²) in [6.07, 6.45) is 4.30. The van der Waals surface area contributed by atoms with Gasteiger partial charge < -0.3 is 19.2 Å². The van der Waals surface area contributed by atoms with Crippen LogP contribution in [0.3, 0.4) is 0 Å². The van der Waals surface area contributed by atoms with Crippen molar-refractivity contribution in [3.8, 4) is 17.5 Å². The molecule has 0 amide bonds. The molecular weight excluding hydrogens is 356 g/mol. The number of hydrogen-bond acceptors (Lipinski definition) is 7. The lowest BCUT2D eigenvalue weighted by Crippen LogP contribution is -2.13. The number of fused-ring (bicyclic) bond motifs is 4. The third-order valence-corrected chi connectivity index (χ3v) is 4.89. The molecule has 0 atom stereocenters. The fourth-order valence-electron chi connectivity index (χ4n) is 3.52. The zero-order chi connectivity index (χ0) is 19.3. The molecule has 4 aromatic heterocycles. The van der Waals surface area contributed by atoms with Crippen LogP contribution in [-0.4, -0.2) is 50.2 Å². The minimum absolute atomic E-state index is 0. The van der Waals surface area contributed by atoms with E-state index < -0.39 is 0 Å². The predicted molar refractivity (Wildman–Crippen MR) is 106 cm³/mol. The van der Waals surface area contributed by atoms with Gasteiger partial charge in [0, 0.05) is 52.0 Å². The number of hydrogen-bond donors (Lipinski definition) is 1. The lowest BCUT2D eigenvalue weighted by molar-refractivity contribution is 0.122. The lowest BCUT2D eigenvalue weighted by atomic mass is 10.1. The third-order valence-electron chi connectivity index (χ3n) is 4.89. The molecule has 0 aliphatic carbocycles. The van der Waals surface area contributed by atoms with Crippen molar-refractivity contribution in [2.75, 3.05) is 25.6 Å². The number of imidazole rings is 1. The second-order valence-electron chi connectivity index (χ2n) is 6.96. The molecule has 1 N–H and O–H groups in total. The summed E-state index contributed by atoms with van der Waals surface area (Å²) in [7, 11) is 3.88. The maximum absolute atomic E-state index is 9.32. The van der Waals surface area contributed by atoms with E-state index in [1.807, 2.05) is 25.1 Å². The number of rotatable bonds is 2. The van der Waals surface area contributed by atoms with Gasteiger partial charge in [-0.05, 0) is 12.5 Å². The first-order valence-electron chi connectivity index (χ1n) is 9.05. The fourth-order valence-corrected chi connectivity index (χ4v) is 3.52. The number of pyridine rings is 1. The normalized spacial score (nSPS) is 14.0. The van der Waals surface area contributed by atoms with E-state index in [0.717, 1.165) is 46.7 Å². The van der Waals surface area contributed by atoms with Gasteiger partial charge >= 0.3 is 0 Å². The van der Waals surface area contributed by atoms with E-state index >= 15 is 0 Å². The first kappa shape index (κ1) is 16.6. The quantitative estimate of drug-likeness (QED) is 0.572. The van der Waals surface area contributed by atoms with Crippen LogP contribution in [0.5, 0.6) is 0 Å². The van der Waals surface area contributed by atoms with Crippen molar-refractivity contribution in [2.24, 2.45) is 0 Å². The molecule has 0 unspecified atom stereocenters. The Labute approximate surface area is 162 Å². The van der Waals surface area contributed by atoms with Gasteiger partial charge in [0.05, 0.1) is 5.56 Å². The van der Waals surface area contributed by atoms with Gasteiger partial charge in [-0.3, -0.25) is 0 Å². The second-order valence-corrected chi connectivity index (χ2v) is 6.96. The average Bonchev–Trinajstić information content (AvgIpc) is 3.19. The SMILES string of the molecule is CN(C)c1nc(-c2cnc3[nH]cc(C#N)c3c2)nc2c1nc1n2CCCOC1.[HH]. The van der Waals surface area contributed by atoms with Gasteiger partial charge in [-0.1, -0.05) is 0 Å². The van der Waals surface area contributed by atoms with Crippen LogP contribution < -0.4 is 4.90 Å². The lowest BCUT2D eigenvalue weighted by Gasteiger charge is -2.13. The van der Waals surface area contributed by atoms with E-state index in [0.29, 0.717) is 30.2 Å². The van der Waals surface area contributed by atoms with Crippen LogP contribution in [0.1, 0.15) is 19.2 Å². The van der Waals surface area contributed by atoms with Crippen molar-refractivity contribution in [3.05, 3.63) is 29.8 Å². The van der Waals surface area contributed by atoms with Crippen LogP contribution in [0, 0.1) is 11.3 Å². The summed E-state index contributed by atoms with van der Waals surface area (Å²) in [4.78, 5) is 23.7. The molecule has 0 fully saturated rings. The molecule has 0 spiro atoms. The highest BCUT2D eigenvalue weighted by atomic mass is 16.5. The van der Waals surface area contributed by atoms with Crippen molar-refractivity contribution < 1.29 is 6.16 Å². The molecule has 0 aromatic carbocycles. The minimum atomic E-state index is 0. The smallest absolute Gasteiger partial charge is 0.166 e. The summed E-state index contributed by atoms with van der Waals surface area (Å²) in [5.74, 6) is 2.17. The van der Waals surface area contributed by atoms with E-state index in [1.54, 1.807) is 12.4 Å². The van der Waals surface area contributed by atoms with E-state index in [4.69, 9.17) is 19.7 Å². The number of aromatic amines is 1. The van der Waals surface area contributed by atoms with Crippen molar-refractivity contribution in [1.29, 1.82) is 5.26 Å². The van der Waals surface area contributed by atoms with Crippen molar-refractivity contribution in [3.63, 3.8) is 0 Å². The standard InChI is InChI=1S/C19H18N8O.H2/c1-26(2)18-15-19(27-4-3-5-28-10-14(27)23-15)25-16(24-18)11-6-13-12(7-20)9-22-17(13)21-8-11;/h6,8-9H,3-5,10H2,1-2H3,(H,21,22);1H. The van der Waals surface area contributed by atoms with E-state index in [1.165, 1.54) is 0 Å². The van der Waals surface area contributed by atoms with Crippen LogP contribution >= 0.6 is 0 Å². The number of nitriles is 1. The van der Waals surface area contributed by atoms with Gasteiger partial charge in [-0.25, -0.2) is 19.9 Å². The Hall–Kier alpha value is -3.51. The van der Waals surface area contributed by atoms with Gasteiger partial charge in [0.25, 0.3) is 0 Å². The molecule has 0 bridgehead atoms. The molecule has 0 radical (unpaired) electrons. The summed E-state index contributed by atoms with van der Waals surface area (Å²) in [6.45, 7) is 2.00. The van der Waals surface area contributed by atoms with Gasteiger partial charge in [-0.2, -0.15) is 5.26 Å². The highest BCUT2D eigenvalue weighted by Gasteiger charge is 2.21. The van der Waals surface area contributed by atoms with Crippen LogP contribution in [0.4, 0.5) is 5.82 Å². The molecule has 9 nitrogen and oxygen atoms in total. The zero-order valence-electron chi connectivity index (χ0n) is 15.6. The van der Waals surface area contributed by atoms with Gasteiger partial charge in [0.15, 0.2) is 22.8 Å². The van der Waals surface area contributed by atoms with Gasteiger partial charge in [0.1, 0.15) is 24.1 Å². The maximum atomic E-state index is 9.32. The maximum Gasteiger partial charge on any atom is 0.166 e. The molecule has 5 heterocycles. The Morgan fingerprint density at radius 3 is 3.04 bits per heavy atom. The van der Waals surface area contributed by atoms with Crippen molar-refractivity contribution in [1.82, 2.24) is 29.5 Å².